The lowest BCUT2D eigenvalue weighted by Gasteiger charge is -2.18. The summed E-state index contributed by atoms with van der Waals surface area (Å²) >= 11 is 4.89. The Hall–Kier alpha value is -0.660. The van der Waals surface area contributed by atoms with Gasteiger partial charge in [-0.2, -0.15) is 13.2 Å². The number of anilines is 1. The summed E-state index contributed by atoms with van der Waals surface area (Å²) in [5.41, 5.74) is -3.80. The zero-order valence-corrected chi connectivity index (χ0v) is 13.6. The number of alkyl halides is 3. The molecule has 0 radical (unpaired) electrons. The van der Waals surface area contributed by atoms with Crippen LogP contribution in [-0.2, 0) is 0 Å². The molecule has 1 aromatic carbocycles. The van der Waals surface area contributed by atoms with Crippen LogP contribution in [0.2, 0.25) is 0 Å². The number of rotatable bonds is 4. The van der Waals surface area contributed by atoms with Gasteiger partial charge in [-0.1, -0.05) is 12.1 Å². The van der Waals surface area contributed by atoms with E-state index in [1.54, 1.807) is 29.5 Å². The maximum atomic E-state index is 12.5. The van der Waals surface area contributed by atoms with Crippen LogP contribution in [0.25, 0.3) is 0 Å². The van der Waals surface area contributed by atoms with Crippen molar-refractivity contribution in [2.45, 2.75) is 23.4 Å². The van der Waals surface area contributed by atoms with Crippen molar-refractivity contribution in [3.63, 3.8) is 0 Å². The molecule has 0 bridgehead atoms. The molecule has 0 aliphatic rings. The fourth-order valence-corrected chi connectivity index (χ4v) is 4.07. The molecule has 0 fully saturated rings. The monoisotopic (exact) mass is 381 g/mol. The van der Waals surface area contributed by atoms with Crippen molar-refractivity contribution >= 4 is 44.7 Å². The van der Waals surface area contributed by atoms with E-state index in [9.17, 15) is 13.2 Å². The number of halogens is 4. The lowest BCUT2D eigenvalue weighted by atomic mass is 10.2. The Balaban J connectivity index is 2.19. The number of hydrogen-bond acceptors (Lipinski definition) is 3. The molecule has 0 aliphatic heterocycles. The highest BCUT2D eigenvalue weighted by molar-refractivity contribution is 9.10. The summed E-state index contributed by atoms with van der Waals surface area (Å²) in [6.45, 7) is 1.92. The van der Waals surface area contributed by atoms with Crippen LogP contribution in [0.1, 0.15) is 17.8 Å². The topological polar surface area (TPSA) is 12.0 Å². The first-order valence-corrected chi connectivity index (χ1v) is 8.20. The zero-order chi connectivity index (χ0) is 14.8. The molecular formula is C13H11BrF3NS2. The van der Waals surface area contributed by atoms with Gasteiger partial charge in [-0.25, -0.2) is 0 Å². The van der Waals surface area contributed by atoms with Crippen molar-refractivity contribution in [2.24, 2.45) is 0 Å². The third-order valence-corrected chi connectivity index (χ3v) is 5.38. The van der Waals surface area contributed by atoms with Gasteiger partial charge in [0.05, 0.1) is 6.04 Å². The van der Waals surface area contributed by atoms with Crippen LogP contribution < -0.4 is 5.32 Å². The first-order chi connectivity index (χ1) is 9.37. The van der Waals surface area contributed by atoms with Crippen molar-refractivity contribution in [3.05, 3.63) is 45.1 Å². The van der Waals surface area contributed by atoms with Crippen LogP contribution in [0.15, 0.2) is 45.1 Å². The number of nitrogens with one attached hydrogen (secondary N) is 1. The molecule has 1 aromatic heterocycles. The fourth-order valence-electron chi connectivity index (χ4n) is 1.71. The second kappa shape index (κ2) is 6.41. The van der Waals surface area contributed by atoms with Gasteiger partial charge in [0.25, 0.3) is 0 Å². The quantitative estimate of drug-likeness (QED) is 0.623. The molecule has 1 unspecified atom stereocenters. The minimum atomic E-state index is -4.29. The van der Waals surface area contributed by atoms with E-state index in [2.05, 4.69) is 21.2 Å². The molecule has 0 saturated heterocycles. The molecule has 0 saturated carbocycles. The molecule has 1 heterocycles. The minimum absolute atomic E-state index is 0.0700. The highest BCUT2D eigenvalue weighted by Gasteiger charge is 2.30. The van der Waals surface area contributed by atoms with Crippen LogP contribution in [0.5, 0.6) is 0 Å². The predicted molar refractivity (Wildman–Crippen MR) is 82.4 cm³/mol. The fraction of sp³-hybridized carbons (Fsp3) is 0.231. The van der Waals surface area contributed by atoms with Crippen LogP contribution >= 0.6 is 39.0 Å². The number of benzene rings is 1. The first-order valence-electron chi connectivity index (χ1n) is 5.71. The average Bonchev–Trinajstić information content (AvgIpc) is 2.76. The van der Waals surface area contributed by atoms with Crippen molar-refractivity contribution < 1.29 is 13.2 Å². The molecule has 20 heavy (non-hydrogen) atoms. The van der Waals surface area contributed by atoms with Crippen molar-refractivity contribution in [1.82, 2.24) is 0 Å². The molecule has 0 aliphatic carbocycles. The lowest BCUT2D eigenvalue weighted by molar-refractivity contribution is -0.0327. The van der Waals surface area contributed by atoms with Crippen LogP contribution in [-0.4, -0.2) is 5.51 Å². The van der Waals surface area contributed by atoms with Gasteiger partial charge in [-0.3, -0.25) is 0 Å². The van der Waals surface area contributed by atoms with Gasteiger partial charge in [0.1, 0.15) is 0 Å². The number of para-hydroxylation sites is 1. The molecule has 1 nitrogen and oxygen atoms in total. The molecule has 0 amide bonds. The van der Waals surface area contributed by atoms with E-state index < -0.39 is 5.51 Å². The van der Waals surface area contributed by atoms with Gasteiger partial charge < -0.3 is 5.32 Å². The first kappa shape index (κ1) is 15.7. The zero-order valence-electron chi connectivity index (χ0n) is 10.4. The minimum Gasteiger partial charge on any atom is -0.377 e. The van der Waals surface area contributed by atoms with E-state index in [4.69, 9.17) is 0 Å². The summed E-state index contributed by atoms with van der Waals surface area (Å²) in [5, 5.41) is 5.07. The third kappa shape index (κ3) is 4.17. The largest absolute Gasteiger partial charge is 0.446 e. The SMILES string of the molecule is CC(Nc1ccccc1SC(F)(F)F)c1sccc1Br. The second-order valence-corrected chi connectivity index (χ2v) is 6.95. The van der Waals surface area contributed by atoms with Gasteiger partial charge in [-0.15, -0.1) is 11.3 Å². The maximum absolute atomic E-state index is 12.5. The summed E-state index contributed by atoms with van der Waals surface area (Å²) in [6.07, 6.45) is 0. The van der Waals surface area contributed by atoms with E-state index in [0.29, 0.717) is 5.69 Å². The van der Waals surface area contributed by atoms with Crippen LogP contribution in [0.4, 0.5) is 18.9 Å². The number of thiophene rings is 1. The van der Waals surface area contributed by atoms with Gasteiger partial charge in [0.15, 0.2) is 0 Å². The molecule has 2 aromatic rings. The Kier molecular flexibility index (Phi) is 5.04. The van der Waals surface area contributed by atoms with Gasteiger partial charge in [-0.05, 0) is 58.2 Å². The number of thioether (sulfide) groups is 1. The van der Waals surface area contributed by atoms with Gasteiger partial charge in [0, 0.05) is 19.9 Å². The van der Waals surface area contributed by atoms with E-state index in [-0.39, 0.29) is 22.7 Å². The third-order valence-electron chi connectivity index (χ3n) is 2.52. The van der Waals surface area contributed by atoms with Crippen molar-refractivity contribution in [3.8, 4) is 0 Å². The Labute approximate surface area is 131 Å². The maximum Gasteiger partial charge on any atom is 0.446 e. The van der Waals surface area contributed by atoms with E-state index >= 15 is 0 Å². The van der Waals surface area contributed by atoms with Crippen LogP contribution in [0.3, 0.4) is 0 Å². The molecule has 7 heteroatoms. The Morgan fingerprint density at radius 1 is 1.25 bits per heavy atom. The summed E-state index contributed by atoms with van der Waals surface area (Å²) < 4.78 is 38.5. The highest BCUT2D eigenvalue weighted by Crippen LogP contribution is 2.41. The standard InChI is InChI=1S/C13H11BrF3NS2/c1-8(12-9(14)6-7-19-12)18-10-4-2-3-5-11(10)20-13(15,16)17/h2-8,18H,1H3. The van der Waals surface area contributed by atoms with E-state index in [1.807, 2.05) is 18.4 Å². The Bertz CT molecular complexity index is 583. The number of hydrogen-bond donors (Lipinski definition) is 1. The second-order valence-electron chi connectivity index (χ2n) is 4.04. The normalized spacial score (nSPS) is 13.2. The molecular weight excluding hydrogens is 371 g/mol. The Morgan fingerprint density at radius 3 is 2.55 bits per heavy atom. The van der Waals surface area contributed by atoms with Crippen molar-refractivity contribution in [2.75, 3.05) is 5.32 Å². The molecule has 108 valence electrons. The average molecular weight is 382 g/mol. The molecule has 0 spiro atoms. The Morgan fingerprint density at radius 2 is 1.95 bits per heavy atom. The highest BCUT2D eigenvalue weighted by atomic mass is 79.9. The van der Waals surface area contributed by atoms with Gasteiger partial charge in [0.2, 0.25) is 0 Å². The smallest absolute Gasteiger partial charge is 0.377 e. The lowest BCUT2D eigenvalue weighted by Crippen LogP contribution is -2.08. The predicted octanol–water partition coefficient (Wildman–Crippen LogP) is 6.30. The summed E-state index contributed by atoms with van der Waals surface area (Å²) in [7, 11) is 0. The summed E-state index contributed by atoms with van der Waals surface area (Å²) in [4.78, 5) is 1.23. The van der Waals surface area contributed by atoms with E-state index in [1.165, 1.54) is 6.07 Å². The van der Waals surface area contributed by atoms with Crippen molar-refractivity contribution in [1.29, 1.82) is 0 Å². The van der Waals surface area contributed by atoms with Gasteiger partial charge >= 0.3 is 5.51 Å². The summed E-state index contributed by atoms with van der Waals surface area (Å²) in [5.74, 6) is 0. The summed E-state index contributed by atoms with van der Waals surface area (Å²) in [6, 6.07) is 8.31. The molecule has 2 rings (SSSR count). The van der Waals surface area contributed by atoms with Crippen LogP contribution in [0, 0.1) is 0 Å². The molecule has 1 N–H and O–H groups in total. The molecule has 1 atom stereocenters. The van der Waals surface area contributed by atoms with E-state index in [0.717, 1.165) is 9.35 Å².